The van der Waals surface area contributed by atoms with Crippen molar-refractivity contribution in [2.75, 3.05) is 13.1 Å². The predicted molar refractivity (Wildman–Crippen MR) is 93.2 cm³/mol. The number of fused-ring (bicyclic) bond motifs is 1. The van der Waals surface area contributed by atoms with Crippen LogP contribution in [0.3, 0.4) is 0 Å². The minimum absolute atomic E-state index is 0.0403. The minimum Gasteiger partial charge on any atom is -0.478 e. The molecule has 3 rings (SSSR count). The molecule has 0 aromatic heterocycles. The van der Waals surface area contributed by atoms with Gasteiger partial charge in [-0.15, -0.1) is 0 Å². The predicted octanol–water partition coefficient (Wildman–Crippen LogP) is 2.83. The van der Waals surface area contributed by atoms with Crippen LogP contribution in [0.5, 0.6) is 0 Å². The van der Waals surface area contributed by atoms with E-state index in [1.54, 1.807) is 24.0 Å². The molecule has 5 heteroatoms. The van der Waals surface area contributed by atoms with E-state index >= 15 is 0 Å². The highest BCUT2D eigenvalue weighted by Crippen LogP contribution is 2.19. The third-order valence-corrected chi connectivity index (χ3v) is 4.58. The topological polar surface area (TPSA) is 74.7 Å². The Hall–Kier alpha value is -2.95. The van der Waals surface area contributed by atoms with Gasteiger partial charge in [-0.3, -0.25) is 9.59 Å². The first-order chi connectivity index (χ1) is 12.0. The first-order valence-corrected chi connectivity index (χ1v) is 8.21. The molecular weight excluding hydrogens is 318 g/mol. The van der Waals surface area contributed by atoms with E-state index in [1.165, 1.54) is 17.7 Å². The minimum atomic E-state index is -1.01. The lowest BCUT2D eigenvalue weighted by molar-refractivity contribution is 0.0694. The normalized spacial score (nSPS) is 13.7. The maximum absolute atomic E-state index is 12.7. The lowest BCUT2D eigenvalue weighted by Crippen LogP contribution is -2.33. The third-order valence-electron chi connectivity index (χ3n) is 4.58. The van der Waals surface area contributed by atoms with Crippen LogP contribution in [-0.2, 0) is 12.8 Å². The van der Waals surface area contributed by atoms with E-state index < -0.39 is 5.97 Å². The molecule has 1 heterocycles. The van der Waals surface area contributed by atoms with Crippen molar-refractivity contribution in [1.82, 2.24) is 4.90 Å². The van der Waals surface area contributed by atoms with Gasteiger partial charge in [-0.2, -0.15) is 0 Å². The average Bonchev–Trinajstić information content (AvgIpc) is 2.83. The number of carboxylic acids is 1. The summed E-state index contributed by atoms with van der Waals surface area (Å²) in [7, 11) is 0. The summed E-state index contributed by atoms with van der Waals surface area (Å²) in [5.74, 6) is -1.07. The van der Waals surface area contributed by atoms with Crippen LogP contribution in [-0.4, -0.2) is 40.8 Å². The summed E-state index contributed by atoms with van der Waals surface area (Å²) in [6.07, 6.45) is 1.45. The Morgan fingerprint density at radius 2 is 1.40 bits per heavy atom. The van der Waals surface area contributed by atoms with Gasteiger partial charge in [0.15, 0.2) is 5.78 Å². The first-order valence-electron chi connectivity index (χ1n) is 8.21. The molecule has 0 saturated carbocycles. The Balaban J connectivity index is 1.75. The number of aromatic carboxylic acids is 1. The van der Waals surface area contributed by atoms with Crippen molar-refractivity contribution < 1.29 is 19.5 Å². The molecule has 5 nitrogen and oxygen atoms in total. The number of hydrogen-bond donors (Lipinski definition) is 1. The molecule has 2 aromatic carbocycles. The van der Waals surface area contributed by atoms with Gasteiger partial charge in [0.05, 0.1) is 5.56 Å². The molecule has 25 heavy (non-hydrogen) atoms. The number of carbonyl (C=O) groups excluding carboxylic acids is 2. The van der Waals surface area contributed by atoms with E-state index in [0.29, 0.717) is 30.6 Å². The molecule has 2 aromatic rings. The van der Waals surface area contributed by atoms with Crippen molar-refractivity contribution >= 4 is 17.7 Å². The van der Waals surface area contributed by atoms with E-state index in [2.05, 4.69) is 0 Å². The van der Waals surface area contributed by atoms with E-state index in [4.69, 9.17) is 5.11 Å². The third kappa shape index (κ3) is 3.60. The fraction of sp³-hybridized carbons (Fsp3) is 0.250. The largest absolute Gasteiger partial charge is 0.478 e. The lowest BCUT2D eigenvalue weighted by Gasteiger charge is -2.20. The molecule has 0 unspecified atom stereocenters. The van der Waals surface area contributed by atoms with Crippen molar-refractivity contribution in [2.24, 2.45) is 0 Å². The molecule has 1 N–H and O–H groups in total. The summed E-state index contributed by atoms with van der Waals surface area (Å²) in [5, 5.41) is 8.94. The Kier molecular flexibility index (Phi) is 4.65. The fourth-order valence-electron chi connectivity index (χ4n) is 3.09. The van der Waals surface area contributed by atoms with Crippen LogP contribution < -0.4 is 0 Å². The van der Waals surface area contributed by atoms with Gasteiger partial charge in [-0.1, -0.05) is 12.1 Å². The van der Waals surface area contributed by atoms with Crippen LogP contribution >= 0.6 is 0 Å². The summed E-state index contributed by atoms with van der Waals surface area (Å²) in [6, 6.07) is 11.7. The highest BCUT2D eigenvalue weighted by atomic mass is 16.4. The molecular formula is C20H19NO4. The number of rotatable bonds is 3. The Morgan fingerprint density at radius 1 is 0.840 bits per heavy atom. The van der Waals surface area contributed by atoms with Gasteiger partial charge in [0.1, 0.15) is 0 Å². The van der Waals surface area contributed by atoms with Crippen LogP contribution in [0.15, 0.2) is 42.5 Å². The summed E-state index contributed by atoms with van der Waals surface area (Å²) < 4.78 is 0. The van der Waals surface area contributed by atoms with Crippen molar-refractivity contribution in [1.29, 1.82) is 0 Å². The monoisotopic (exact) mass is 337 g/mol. The SMILES string of the molecule is CC(=O)c1ccc2c(c1)CCN(C(=O)c1ccc(C(=O)O)cc1)CC2. The molecule has 1 aliphatic rings. The lowest BCUT2D eigenvalue weighted by atomic mass is 9.99. The Bertz CT molecular complexity index is 839. The van der Waals surface area contributed by atoms with E-state index in [-0.39, 0.29) is 17.3 Å². The molecule has 0 saturated heterocycles. The molecule has 1 aliphatic heterocycles. The zero-order chi connectivity index (χ0) is 18.0. The summed E-state index contributed by atoms with van der Waals surface area (Å²) >= 11 is 0. The van der Waals surface area contributed by atoms with Crippen molar-refractivity contribution in [2.45, 2.75) is 19.8 Å². The molecule has 1 amide bonds. The molecule has 128 valence electrons. The van der Waals surface area contributed by atoms with Crippen molar-refractivity contribution in [3.8, 4) is 0 Å². The van der Waals surface area contributed by atoms with Gasteiger partial charge in [0.25, 0.3) is 5.91 Å². The van der Waals surface area contributed by atoms with Crippen LogP contribution in [0, 0.1) is 0 Å². The summed E-state index contributed by atoms with van der Waals surface area (Å²) in [6.45, 7) is 2.73. The van der Waals surface area contributed by atoms with E-state index in [0.717, 1.165) is 12.0 Å². The molecule has 0 spiro atoms. The number of nitrogens with zero attached hydrogens (tertiary/aromatic N) is 1. The standard InChI is InChI=1S/C20H19NO4/c1-13(22)17-7-2-14-8-10-21(11-9-18(14)12-17)19(23)15-3-5-16(6-4-15)20(24)25/h2-7,12H,8-11H2,1H3,(H,24,25). The Labute approximate surface area is 145 Å². The van der Waals surface area contributed by atoms with Crippen LogP contribution in [0.25, 0.3) is 0 Å². The Morgan fingerprint density at radius 3 is 2.00 bits per heavy atom. The highest BCUT2D eigenvalue weighted by molar-refractivity contribution is 5.96. The second-order valence-electron chi connectivity index (χ2n) is 6.21. The van der Waals surface area contributed by atoms with Crippen LogP contribution in [0.1, 0.15) is 49.1 Å². The number of benzene rings is 2. The van der Waals surface area contributed by atoms with Crippen molar-refractivity contribution in [3.05, 3.63) is 70.3 Å². The van der Waals surface area contributed by atoms with Gasteiger partial charge in [-0.05, 0) is 61.2 Å². The van der Waals surface area contributed by atoms with Crippen LogP contribution in [0.4, 0.5) is 0 Å². The highest BCUT2D eigenvalue weighted by Gasteiger charge is 2.20. The summed E-state index contributed by atoms with van der Waals surface area (Å²) in [4.78, 5) is 36.9. The second-order valence-corrected chi connectivity index (χ2v) is 6.21. The first kappa shape index (κ1) is 16.9. The van der Waals surface area contributed by atoms with Gasteiger partial charge in [-0.25, -0.2) is 4.79 Å². The molecule has 0 aliphatic carbocycles. The number of amides is 1. The fourth-order valence-corrected chi connectivity index (χ4v) is 3.09. The average molecular weight is 337 g/mol. The van der Waals surface area contributed by atoms with Gasteiger partial charge >= 0.3 is 5.97 Å². The zero-order valence-electron chi connectivity index (χ0n) is 14.0. The van der Waals surface area contributed by atoms with Gasteiger partial charge in [0.2, 0.25) is 0 Å². The molecule has 0 fully saturated rings. The maximum Gasteiger partial charge on any atom is 0.335 e. The number of Topliss-reactive ketones (excluding diaryl/α,β-unsaturated/α-hetero) is 1. The maximum atomic E-state index is 12.7. The van der Waals surface area contributed by atoms with Gasteiger partial charge < -0.3 is 10.0 Å². The smallest absolute Gasteiger partial charge is 0.335 e. The quantitative estimate of drug-likeness (QED) is 0.874. The number of carbonyl (C=O) groups is 3. The number of ketones is 1. The van der Waals surface area contributed by atoms with E-state index in [9.17, 15) is 14.4 Å². The molecule has 0 radical (unpaired) electrons. The van der Waals surface area contributed by atoms with Crippen molar-refractivity contribution in [3.63, 3.8) is 0 Å². The number of carboxylic acid groups (broad SMARTS) is 1. The van der Waals surface area contributed by atoms with Gasteiger partial charge in [0, 0.05) is 24.2 Å². The second kappa shape index (κ2) is 6.89. The van der Waals surface area contributed by atoms with E-state index in [1.807, 2.05) is 18.2 Å². The molecule has 0 bridgehead atoms. The van der Waals surface area contributed by atoms with Crippen LogP contribution in [0.2, 0.25) is 0 Å². The number of hydrogen-bond acceptors (Lipinski definition) is 3. The zero-order valence-corrected chi connectivity index (χ0v) is 14.0. The molecule has 0 atom stereocenters. The summed E-state index contributed by atoms with van der Waals surface area (Å²) in [5.41, 5.74) is 3.63.